The van der Waals surface area contributed by atoms with Gasteiger partial charge in [-0.05, 0) is 76.0 Å². The van der Waals surface area contributed by atoms with Gasteiger partial charge in [0, 0.05) is 12.1 Å². The SMILES string of the molecule is C1CCC(NC2CCCCC2)CC1.CSCC[C@H](NC(=O)OC(C)(C)C)C(=O)OOCc1ccc(CC(=O)O)cc1. The first-order valence-electron chi connectivity index (χ1n) is 14.9. The molecule has 0 saturated heterocycles. The van der Waals surface area contributed by atoms with Gasteiger partial charge >= 0.3 is 18.0 Å². The number of carbonyl (C=O) groups excluding carboxylic acids is 2. The van der Waals surface area contributed by atoms with E-state index >= 15 is 0 Å². The third-order valence-electron chi connectivity index (χ3n) is 7.01. The van der Waals surface area contributed by atoms with Gasteiger partial charge in [0.15, 0.2) is 0 Å². The zero-order valence-electron chi connectivity index (χ0n) is 25.2. The molecule has 41 heavy (non-hydrogen) atoms. The number of carboxylic acid groups (broad SMARTS) is 1. The highest BCUT2D eigenvalue weighted by molar-refractivity contribution is 7.98. The number of hydrogen-bond acceptors (Lipinski definition) is 8. The summed E-state index contributed by atoms with van der Waals surface area (Å²) in [4.78, 5) is 44.6. The van der Waals surface area contributed by atoms with Gasteiger partial charge in [-0.1, -0.05) is 62.8 Å². The molecule has 2 saturated carbocycles. The molecule has 0 aliphatic heterocycles. The van der Waals surface area contributed by atoms with Crippen molar-refractivity contribution in [2.45, 2.75) is 128 Å². The molecule has 9 nitrogen and oxygen atoms in total. The van der Waals surface area contributed by atoms with Crippen LogP contribution in [-0.2, 0) is 37.1 Å². The lowest BCUT2D eigenvalue weighted by Crippen LogP contribution is -2.44. The summed E-state index contributed by atoms with van der Waals surface area (Å²) in [5.41, 5.74) is 0.691. The van der Waals surface area contributed by atoms with Crippen molar-refractivity contribution in [3.05, 3.63) is 35.4 Å². The van der Waals surface area contributed by atoms with E-state index in [-0.39, 0.29) is 13.0 Å². The number of benzene rings is 1. The molecule has 232 valence electrons. The van der Waals surface area contributed by atoms with Gasteiger partial charge < -0.3 is 20.5 Å². The van der Waals surface area contributed by atoms with Crippen LogP contribution in [0.4, 0.5) is 4.79 Å². The van der Waals surface area contributed by atoms with Gasteiger partial charge in [-0.15, -0.1) is 0 Å². The number of ether oxygens (including phenoxy) is 1. The van der Waals surface area contributed by atoms with Gasteiger partial charge in [-0.2, -0.15) is 16.6 Å². The van der Waals surface area contributed by atoms with E-state index in [4.69, 9.17) is 19.6 Å². The van der Waals surface area contributed by atoms with Crippen molar-refractivity contribution >= 4 is 29.8 Å². The van der Waals surface area contributed by atoms with Crippen LogP contribution in [0.2, 0.25) is 0 Å². The Labute approximate surface area is 249 Å². The van der Waals surface area contributed by atoms with E-state index in [0.29, 0.717) is 23.3 Å². The van der Waals surface area contributed by atoms with Crippen LogP contribution in [0.3, 0.4) is 0 Å². The molecule has 3 N–H and O–H groups in total. The van der Waals surface area contributed by atoms with Gasteiger partial charge in [0.1, 0.15) is 18.2 Å². The number of amides is 1. The number of hydrogen-bond donors (Lipinski definition) is 3. The van der Waals surface area contributed by atoms with Crippen molar-refractivity contribution in [3.63, 3.8) is 0 Å². The van der Waals surface area contributed by atoms with Gasteiger partial charge in [-0.25, -0.2) is 9.59 Å². The lowest BCUT2D eigenvalue weighted by Gasteiger charge is -2.30. The second-order valence-corrected chi connectivity index (χ2v) is 12.9. The lowest BCUT2D eigenvalue weighted by molar-refractivity contribution is -0.281. The summed E-state index contributed by atoms with van der Waals surface area (Å²) in [6.45, 7) is 5.19. The molecule has 0 heterocycles. The molecule has 0 aromatic heterocycles. The van der Waals surface area contributed by atoms with Crippen molar-refractivity contribution in [2.24, 2.45) is 0 Å². The average Bonchev–Trinajstić information content (AvgIpc) is 2.92. The first kappa shape index (κ1) is 34.9. The topological polar surface area (TPSA) is 123 Å². The maximum Gasteiger partial charge on any atom is 0.408 e. The molecule has 0 bridgehead atoms. The van der Waals surface area contributed by atoms with Gasteiger partial charge in [-0.3, -0.25) is 9.68 Å². The molecule has 2 fully saturated rings. The zero-order valence-corrected chi connectivity index (χ0v) is 26.1. The molecule has 0 radical (unpaired) electrons. The fourth-order valence-corrected chi connectivity index (χ4v) is 5.42. The summed E-state index contributed by atoms with van der Waals surface area (Å²) >= 11 is 1.53. The number of rotatable bonds is 12. The largest absolute Gasteiger partial charge is 0.481 e. The molecule has 1 aromatic rings. The minimum absolute atomic E-state index is 0.000771. The molecule has 1 atom stereocenters. The number of nitrogens with one attached hydrogen (secondary N) is 2. The van der Waals surface area contributed by atoms with E-state index in [0.717, 1.165) is 12.1 Å². The van der Waals surface area contributed by atoms with Crippen molar-refractivity contribution in [1.29, 1.82) is 0 Å². The number of aliphatic carboxylic acids is 1. The van der Waals surface area contributed by atoms with Crippen molar-refractivity contribution < 1.29 is 34.0 Å². The Morgan fingerprint density at radius 3 is 1.95 bits per heavy atom. The number of carbonyl (C=O) groups is 3. The highest BCUT2D eigenvalue weighted by Crippen LogP contribution is 2.22. The maximum absolute atomic E-state index is 12.2. The van der Waals surface area contributed by atoms with E-state index in [2.05, 4.69) is 10.6 Å². The molecule has 1 aromatic carbocycles. The highest BCUT2D eigenvalue weighted by Gasteiger charge is 2.26. The summed E-state index contributed by atoms with van der Waals surface area (Å²) in [7, 11) is 0. The Balaban J connectivity index is 0.000000372. The smallest absolute Gasteiger partial charge is 0.408 e. The summed E-state index contributed by atoms with van der Waals surface area (Å²) < 4.78 is 5.16. The summed E-state index contributed by atoms with van der Waals surface area (Å²) in [6, 6.07) is 7.57. The quantitative estimate of drug-likeness (QED) is 0.192. The summed E-state index contributed by atoms with van der Waals surface area (Å²) in [5.74, 6) is -0.991. The first-order valence-corrected chi connectivity index (χ1v) is 16.3. The van der Waals surface area contributed by atoms with Gasteiger partial charge in [0.25, 0.3) is 0 Å². The average molecular weight is 595 g/mol. The van der Waals surface area contributed by atoms with Crippen LogP contribution in [-0.4, -0.2) is 58.9 Å². The molecule has 1 amide bonds. The fourth-order valence-electron chi connectivity index (χ4n) is 4.95. The van der Waals surface area contributed by atoms with Crippen LogP contribution in [0, 0.1) is 0 Å². The predicted octanol–water partition coefficient (Wildman–Crippen LogP) is 6.18. The van der Waals surface area contributed by atoms with E-state index in [1.807, 2.05) is 6.26 Å². The fraction of sp³-hybridized carbons (Fsp3) is 0.710. The van der Waals surface area contributed by atoms with Crippen molar-refractivity contribution in [3.8, 4) is 0 Å². The van der Waals surface area contributed by atoms with E-state index in [9.17, 15) is 14.4 Å². The molecular weight excluding hydrogens is 544 g/mol. The van der Waals surface area contributed by atoms with Crippen molar-refractivity contribution in [1.82, 2.24) is 10.6 Å². The van der Waals surface area contributed by atoms with Crippen LogP contribution in [0.25, 0.3) is 0 Å². The Kier molecular flexibility index (Phi) is 16.2. The number of thioether (sulfide) groups is 1. The minimum atomic E-state index is -0.910. The Bertz CT molecular complexity index is 892. The summed E-state index contributed by atoms with van der Waals surface area (Å²) in [6.07, 6.45) is 16.1. The highest BCUT2D eigenvalue weighted by atomic mass is 32.2. The van der Waals surface area contributed by atoms with Crippen LogP contribution < -0.4 is 10.6 Å². The molecule has 2 aliphatic rings. The Hall–Kier alpha value is -2.30. The standard InChI is InChI=1S/C19H27NO7S.C12H23N/c1-19(2,3)26-18(24)20-15(9-10-28-4)17(23)27-25-12-14-7-5-13(6-8-14)11-16(21)22;1-3-7-11(8-4-1)13-12-9-5-2-6-10-12/h5-8,15H,9-12H2,1-4H3,(H,20,24)(H,21,22);11-13H,1-10H2/t15-;/m0./s1. The molecule has 0 unspecified atom stereocenters. The molecule has 10 heteroatoms. The third kappa shape index (κ3) is 16.1. The van der Waals surface area contributed by atoms with Crippen LogP contribution in [0.1, 0.15) is 103 Å². The molecular formula is C31H50N2O7S. The van der Waals surface area contributed by atoms with E-state index < -0.39 is 29.7 Å². The lowest BCUT2D eigenvalue weighted by atomic mass is 9.91. The second kappa shape index (κ2) is 19.0. The predicted molar refractivity (Wildman–Crippen MR) is 162 cm³/mol. The summed E-state index contributed by atoms with van der Waals surface area (Å²) in [5, 5.41) is 15.1. The minimum Gasteiger partial charge on any atom is -0.481 e. The molecule has 0 spiro atoms. The zero-order chi connectivity index (χ0) is 30.1. The monoisotopic (exact) mass is 594 g/mol. The maximum atomic E-state index is 12.2. The van der Waals surface area contributed by atoms with Crippen LogP contribution in [0.5, 0.6) is 0 Å². The normalized spacial score (nSPS) is 17.1. The molecule has 2 aliphatic carbocycles. The second-order valence-electron chi connectivity index (χ2n) is 11.9. The van der Waals surface area contributed by atoms with Gasteiger partial charge in [0.05, 0.1) is 6.42 Å². The first-order chi connectivity index (χ1) is 19.6. The van der Waals surface area contributed by atoms with Crippen LogP contribution >= 0.6 is 11.8 Å². The Morgan fingerprint density at radius 2 is 1.46 bits per heavy atom. The van der Waals surface area contributed by atoms with E-state index in [1.54, 1.807) is 45.0 Å². The Morgan fingerprint density at radius 1 is 0.927 bits per heavy atom. The van der Waals surface area contributed by atoms with Crippen molar-refractivity contribution in [2.75, 3.05) is 12.0 Å². The van der Waals surface area contributed by atoms with E-state index in [1.165, 1.54) is 76.0 Å². The number of alkyl carbamates (subject to hydrolysis) is 1. The number of carboxylic acids is 1. The molecule has 3 rings (SSSR count). The third-order valence-corrected chi connectivity index (χ3v) is 7.66. The van der Waals surface area contributed by atoms with Gasteiger partial charge in [0.2, 0.25) is 0 Å². The van der Waals surface area contributed by atoms with Crippen LogP contribution in [0.15, 0.2) is 24.3 Å².